The minimum absolute atomic E-state index is 0.886. The average Bonchev–Trinajstić information content (AvgIpc) is 3.66. The van der Waals surface area contributed by atoms with Crippen molar-refractivity contribution in [3.8, 4) is 11.5 Å². The van der Waals surface area contributed by atoms with E-state index in [0.717, 1.165) is 66.3 Å². The van der Waals surface area contributed by atoms with Gasteiger partial charge in [-0.1, -0.05) is 78.9 Å². The molecule has 0 fully saturated rings. The molecule has 4 nitrogen and oxygen atoms in total. The van der Waals surface area contributed by atoms with E-state index >= 15 is 0 Å². The van der Waals surface area contributed by atoms with Crippen molar-refractivity contribution in [2.45, 2.75) is 0 Å². The summed E-state index contributed by atoms with van der Waals surface area (Å²) in [6.45, 7) is 0. The number of hydrogen-bond acceptors (Lipinski definition) is 2. The van der Waals surface area contributed by atoms with Gasteiger partial charge in [-0.2, -0.15) is 0 Å². The first kappa shape index (κ1) is 20.7. The third-order valence-electron chi connectivity index (χ3n) is 7.94. The number of rotatable bonds is 2. The lowest BCUT2D eigenvalue weighted by molar-refractivity contribution is 0.673. The van der Waals surface area contributed by atoms with Gasteiger partial charge in [0.15, 0.2) is 0 Å². The van der Waals surface area contributed by atoms with E-state index in [9.17, 15) is 0 Å². The van der Waals surface area contributed by atoms with Crippen LogP contribution in [0.5, 0.6) is 0 Å². The highest BCUT2D eigenvalue weighted by molar-refractivity contribution is 6.39. The Hall–Kier alpha value is -5.35. The maximum atomic E-state index is 6.77. The molecule has 0 bridgehead atoms. The van der Waals surface area contributed by atoms with Crippen LogP contribution in [-0.2, 0) is 0 Å². The van der Waals surface area contributed by atoms with Crippen molar-refractivity contribution in [3.05, 3.63) is 128 Å². The first-order valence-electron chi connectivity index (χ1n) is 13.2. The van der Waals surface area contributed by atoms with Crippen molar-refractivity contribution in [3.63, 3.8) is 0 Å². The maximum absolute atomic E-state index is 6.77. The summed E-state index contributed by atoms with van der Waals surface area (Å²) in [5, 5.41) is 6.93. The molecule has 0 spiro atoms. The zero-order chi connectivity index (χ0) is 25.5. The predicted octanol–water partition coefficient (Wildman–Crippen LogP) is 9.18. The van der Waals surface area contributed by atoms with Crippen LogP contribution in [-0.4, -0.2) is 14.1 Å². The van der Waals surface area contributed by atoms with Crippen LogP contribution in [0.15, 0.2) is 132 Å². The van der Waals surface area contributed by atoms with Gasteiger partial charge in [-0.25, -0.2) is 4.98 Å². The molecule has 0 aliphatic rings. The molecule has 39 heavy (non-hydrogen) atoms. The van der Waals surface area contributed by atoms with Crippen LogP contribution in [0.2, 0.25) is 0 Å². The zero-order valence-corrected chi connectivity index (χ0v) is 20.9. The molecule has 4 aromatic heterocycles. The van der Waals surface area contributed by atoms with Crippen LogP contribution in [0.3, 0.4) is 0 Å². The number of pyridine rings is 1. The fraction of sp³-hybridized carbons (Fsp3) is 0. The van der Waals surface area contributed by atoms with Gasteiger partial charge in [-0.15, -0.1) is 0 Å². The predicted molar refractivity (Wildman–Crippen MR) is 160 cm³/mol. The van der Waals surface area contributed by atoms with E-state index in [1.165, 1.54) is 10.8 Å². The van der Waals surface area contributed by atoms with Gasteiger partial charge in [0.25, 0.3) is 0 Å². The summed E-state index contributed by atoms with van der Waals surface area (Å²) >= 11 is 0. The Morgan fingerprint density at radius 3 is 1.85 bits per heavy atom. The number of aromatic nitrogens is 3. The Labute approximate surface area is 222 Å². The van der Waals surface area contributed by atoms with Crippen molar-refractivity contribution in [2.24, 2.45) is 0 Å². The minimum atomic E-state index is 0.886. The average molecular weight is 500 g/mol. The van der Waals surface area contributed by atoms with E-state index in [1.54, 1.807) is 0 Å². The first-order valence-corrected chi connectivity index (χ1v) is 13.2. The standard InChI is InChI=1S/C35H21N3O/c1-2-12-22(13-3-1)37-26-17-7-4-14-23(26)30-33(37)32-25-16-6-9-19-28(25)39-35(32)31-24-15-5-8-18-27(24)38(34(30)31)29-20-10-11-21-36-29/h1-21H. The molecule has 5 aromatic carbocycles. The van der Waals surface area contributed by atoms with Crippen molar-refractivity contribution < 1.29 is 4.42 Å². The molecule has 0 radical (unpaired) electrons. The van der Waals surface area contributed by atoms with Crippen LogP contribution >= 0.6 is 0 Å². The normalized spacial score (nSPS) is 12.1. The van der Waals surface area contributed by atoms with Crippen molar-refractivity contribution in [1.82, 2.24) is 14.1 Å². The summed E-state index contributed by atoms with van der Waals surface area (Å²) in [5.74, 6) is 0.886. The minimum Gasteiger partial charge on any atom is -0.455 e. The summed E-state index contributed by atoms with van der Waals surface area (Å²) in [6.07, 6.45) is 1.86. The maximum Gasteiger partial charge on any atom is 0.147 e. The summed E-state index contributed by atoms with van der Waals surface area (Å²) in [6, 6.07) is 42.4. The molecule has 0 aliphatic heterocycles. The molecule has 0 aliphatic carbocycles. The second-order valence-corrected chi connectivity index (χ2v) is 9.98. The van der Waals surface area contributed by atoms with Crippen molar-refractivity contribution in [2.75, 3.05) is 0 Å². The van der Waals surface area contributed by atoms with Gasteiger partial charge in [-0.3, -0.25) is 4.57 Å². The smallest absolute Gasteiger partial charge is 0.147 e. The van der Waals surface area contributed by atoms with Crippen molar-refractivity contribution in [1.29, 1.82) is 0 Å². The molecule has 0 saturated carbocycles. The molecule has 182 valence electrons. The van der Waals surface area contributed by atoms with Crippen LogP contribution < -0.4 is 0 Å². The Bertz CT molecular complexity index is 2300. The van der Waals surface area contributed by atoms with E-state index < -0.39 is 0 Å². The fourth-order valence-corrected chi connectivity index (χ4v) is 6.45. The summed E-state index contributed by atoms with van der Waals surface area (Å²) in [7, 11) is 0. The highest BCUT2D eigenvalue weighted by Gasteiger charge is 2.27. The van der Waals surface area contributed by atoms with Gasteiger partial charge in [0.05, 0.1) is 32.8 Å². The van der Waals surface area contributed by atoms with E-state index in [0.29, 0.717) is 0 Å². The second kappa shape index (κ2) is 7.59. The van der Waals surface area contributed by atoms with E-state index in [-0.39, 0.29) is 0 Å². The Kier molecular flexibility index (Phi) is 4.02. The van der Waals surface area contributed by atoms with Crippen molar-refractivity contribution >= 4 is 65.6 Å². The molecule has 0 saturated heterocycles. The van der Waals surface area contributed by atoms with Gasteiger partial charge >= 0.3 is 0 Å². The molecule has 0 N–H and O–H groups in total. The number of hydrogen-bond donors (Lipinski definition) is 0. The summed E-state index contributed by atoms with van der Waals surface area (Å²) in [4.78, 5) is 4.82. The lowest BCUT2D eigenvalue weighted by Gasteiger charge is -2.10. The molecule has 9 rings (SSSR count). The summed E-state index contributed by atoms with van der Waals surface area (Å²) in [5.41, 5.74) is 7.45. The first-order chi connectivity index (χ1) is 19.4. The molecule has 0 unspecified atom stereocenters. The number of nitrogens with zero attached hydrogens (tertiary/aromatic N) is 3. The monoisotopic (exact) mass is 499 g/mol. The Balaban J connectivity index is 1.70. The zero-order valence-electron chi connectivity index (χ0n) is 20.9. The highest BCUT2D eigenvalue weighted by Crippen LogP contribution is 2.49. The third-order valence-corrected chi connectivity index (χ3v) is 7.94. The van der Waals surface area contributed by atoms with Gasteiger partial charge in [0.1, 0.15) is 17.0 Å². The number of furan rings is 1. The van der Waals surface area contributed by atoms with Gasteiger partial charge in [0, 0.05) is 33.4 Å². The van der Waals surface area contributed by atoms with Crippen LogP contribution in [0.1, 0.15) is 0 Å². The summed E-state index contributed by atoms with van der Waals surface area (Å²) < 4.78 is 11.5. The largest absolute Gasteiger partial charge is 0.455 e. The van der Waals surface area contributed by atoms with E-state index in [1.807, 2.05) is 24.4 Å². The lowest BCUT2D eigenvalue weighted by Crippen LogP contribution is -1.97. The topological polar surface area (TPSA) is 35.9 Å². The fourth-order valence-electron chi connectivity index (χ4n) is 6.45. The Morgan fingerprint density at radius 1 is 0.487 bits per heavy atom. The molecular weight excluding hydrogens is 478 g/mol. The number of fused-ring (bicyclic) bond motifs is 12. The molecule has 0 atom stereocenters. The molecule has 4 heterocycles. The van der Waals surface area contributed by atoms with Gasteiger partial charge < -0.3 is 8.98 Å². The third kappa shape index (κ3) is 2.65. The van der Waals surface area contributed by atoms with Crippen LogP contribution in [0.25, 0.3) is 77.1 Å². The molecule has 4 heteroatoms. The van der Waals surface area contributed by atoms with Gasteiger partial charge in [0.2, 0.25) is 0 Å². The molecule has 9 aromatic rings. The Morgan fingerprint density at radius 2 is 1.08 bits per heavy atom. The number of para-hydroxylation sites is 4. The van der Waals surface area contributed by atoms with Gasteiger partial charge in [-0.05, 0) is 42.5 Å². The van der Waals surface area contributed by atoms with Crippen LogP contribution in [0, 0.1) is 0 Å². The SMILES string of the molecule is c1ccc(-n2c3ccccc3c3c4c(c5ccccc5n4-c4ccccn4)c4oc5ccccc5c4c32)cc1. The second-order valence-electron chi connectivity index (χ2n) is 9.98. The molecule has 0 amide bonds. The molecular formula is C35H21N3O. The van der Waals surface area contributed by atoms with E-state index in [4.69, 9.17) is 9.40 Å². The van der Waals surface area contributed by atoms with E-state index in [2.05, 4.69) is 112 Å². The lowest BCUT2D eigenvalue weighted by atomic mass is 10.0. The quantitative estimate of drug-likeness (QED) is 0.238. The number of benzene rings is 5. The highest BCUT2D eigenvalue weighted by atomic mass is 16.3. The van der Waals surface area contributed by atoms with Crippen LogP contribution in [0.4, 0.5) is 0 Å².